The zero-order valence-electron chi connectivity index (χ0n) is 19.4. The molecular weight excluding hydrogens is 451 g/mol. The van der Waals surface area contributed by atoms with Crippen LogP contribution in [0.1, 0.15) is 22.3 Å². The van der Waals surface area contributed by atoms with Gasteiger partial charge >= 0.3 is 6.03 Å². The van der Waals surface area contributed by atoms with Crippen molar-refractivity contribution in [2.45, 2.75) is 20.5 Å². The molecule has 1 N–H and O–H groups in total. The molecule has 1 fully saturated rings. The topological polar surface area (TPSA) is 84.9 Å². The van der Waals surface area contributed by atoms with E-state index in [0.717, 1.165) is 16.0 Å². The van der Waals surface area contributed by atoms with Crippen LogP contribution in [0.5, 0.6) is 11.5 Å². The van der Waals surface area contributed by atoms with E-state index in [0.29, 0.717) is 28.3 Å². The number of methoxy groups -OCH3 is 1. The van der Waals surface area contributed by atoms with Crippen LogP contribution in [0.25, 0.3) is 6.08 Å². The molecule has 0 aromatic heterocycles. The molecule has 0 unspecified atom stereocenters. The lowest BCUT2D eigenvalue weighted by atomic mass is 10.0. The second-order valence-corrected chi connectivity index (χ2v) is 8.06. The Balaban J connectivity index is 1.60. The number of imide groups is 2. The molecule has 3 aromatic rings. The third kappa shape index (κ3) is 5.06. The van der Waals surface area contributed by atoms with Crippen LogP contribution in [0.15, 0.2) is 66.2 Å². The minimum Gasteiger partial charge on any atom is -0.493 e. The number of carbonyl (C=O) groups is 3. The maximum absolute atomic E-state index is 13.4. The van der Waals surface area contributed by atoms with Crippen molar-refractivity contribution in [2.75, 3.05) is 12.0 Å². The predicted octanol–water partition coefficient (Wildman–Crippen LogP) is 4.70. The Hall–Kier alpha value is -4.46. The highest BCUT2D eigenvalue weighted by atomic mass is 19.1. The van der Waals surface area contributed by atoms with Crippen molar-refractivity contribution >= 4 is 29.6 Å². The van der Waals surface area contributed by atoms with E-state index in [1.165, 1.54) is 25.3 Å². The molecule has 0 radical (unpaired) electrons. The minimum atomic E-state index is -0.806. The monoisotopic (exact) mass is 474 g/mol. The highest BCUT2D eigenvalue weighted by Crippen LogP contribution is 2.31. The molecule has 178 valence electrons. The molecule has 4 rings (SSSR count). The van der Waals surface area contributed by atoms with E-state index in [1.807, 2.05) is 13.8 Å². The third-order valence-corrected chi connectivity index (χ3v) is 5.63. The average Bonchev–Trinajstić information content (AvgIpc) is 2.83. The van der Waals surface area contributed by atoms with Gasteiger partial charge < -0.3 is 9.47 Å². The summed E-state index contributed by atoms with van der Waals surface area (Å²) in [5.74, 6) is -1.10. The van der Waals surface area contributed by atoms with Crippen molar-refractivity contribution in [3.05, 3.63) is 94.3 Å². The number of anilines is 1. The molecule has 1 aliphatic rings. The number of halogens is 1. The summed E-state index contributed by atoms with van der Waals surface area (Å²) in [4.78, 5) is 39.0. The van der Waals surface area contributed by atoms with Gasteiger partial charge in [0.15, 0.2) is 11.5 Å². The molecule has 8 heteroatoms. The number of urea groups is 1. The maximum Gasteiger partial charge on any atom is 0.335 e. The number of hydrogen-bond donors (Lipinski definition) is 1. The number of amides is 4. The lowest BCUT2D eigenvalue weighted by molar-refractivity contribution is -0.122. The smallest absolute Gasteiger partial charge is 0.335 e. The number of carbonyl (C=O) groups excluding carboxylic acids is 3. The molecule has 35 heavy (non-hydrogen) atoms. The molecule has 1 heterocycles. The van der Waals surface area contributed by atoms with Gasteiger partial charge in [-0.3, -0.25) is 14.9 Å². The van der Waals surface area contributed by atoms with Gasteiger partial charge in [0, 0.05) is 0 Å². The Kier molecular flexibility index (Phi) is 6.64. The number of nitrogens with one attached hydrogen (secondary N) is 1. The summed E-state index contributed by atoms with van der Waals surface area (Å²) >= 11 is 0. The summed E-state index contributed by atoms with van der Waals surface area (Å²) in [6, 6.07) is 15.3. The van der Waals surface area contributed by atoms with Crippen LogP contribution < -0.4 is 19.7 Å². The van der Waals surface area contributed by atoms with Crippen molar-refractivity contribution in [1.29, 1.82) is 0 Å². The number of benzene rings is 3. The first-order valence-corrected chi connectivity index (χ1v) is 10.8. The van der Waals surface area contributed by atoms with E-state index in [-0.39, 0.29) is 18.0 Å². The number of ether oxygens (including phenoxy) is 2. The molecule has 1 saturated heterocycles. The van der Waals surface area contributed by atoms with Gasteiger partial charge in [-0.1, -0.05) is 24.3 Å². The number of nitrogens with zero attached hydrogens (tertiary/aromatic N) is 1. The zero-order valence-corrected chi connectivity index (χ0v) is 19.4. The number of barbiturate groups is 1. The van der Waals surface area contributed by atoms with E-state index in [9.17, 15) is 18.8 Å². The van der Waals surface area contributed by atoms with Gasteiger partial charge in [0.2, 0.25) is 0 Å². The Morgan fingerprint density at radius 2 is 1.74 bits per heavy atom. The molecule has 0 atom stereocenters. The predicted molar refractivity (Wildman–Crippen MR) is 129 cm³/mol. The zero-order chi connectivity index (χ0) is 25.1. The minimum absolute atomic E-state index is 0.127. The van der Waals surface area contributed by atoms with E-state index in [2.05, 4.69) is 5.32 Å². The highest BCUT2D eigenvalue weighted by molar-refractivity contribution is 6.39. The van der Waals surface area contributed by atoms with Gasteiger partial charge in [-0.05, 0) is 78.6 Å². The SMILES string of the molecule is COc1cc(/C=C2\C(=O)NC(=O)N(c3ccc(C)c(C)c3)C2=O)ccc1OCc1cccc(F)c1. The third-order valence-electron chi connectivity index (χ3n) is 5.63. The number of hydrogen-bond acceptors (Lipinski definition) is 5. The van der Waals surface area contributed by atoms with Crippen LogP contribution in [-0.2, 0) is 16.2 Å². The number of rotatable bonds is 6. The van der Waals surface area contributed by atoms with Gasteiger partial charge in [0.25, 0.3) is 11.8 Å². The van der Waals surface area contributed by atoms with Crippen molar-refractivity contribution in [3.63, 3.8) is 0 Å². The Bertz CT molecular complexity index is 1370. The second-order valence-electron chi connectivity index (χ2n) is 8.06. The van der Waals surface area contributed by atoms with Gasteiger partial charge in [0.05, 0.1) is 12.8 Å². The molecule has 0 spiro atoms. The second kappa shape index (κ2) is 9.80. The van der Waals surface area contributed by atoms with E-state index in [4.69, 9.17) is 9.47 Å². The standard InChI is InChI=1S/C27H23FN2O5/c1-16-7-9-21(11-17(16)2)30-26(32)22(25(31)29-27(30)33)13-18-8-10-23(24(14-18)34-3)35-15-19-5-4-6-20(28)12-19/h4-14H,15H2,1-3H3,(H,29,31,33)/b22-13+. The summed E-state index contributed by atoms with van der Waals surface area (Å²) in [5, 5.41) is 2.22. The lowest BCUT2D eigenvalue weighted by Crippen LogP contribution is -2.54. The Morgan fingerprint density at radius 1 is 0.943 bits per heavy atom. The van der Waals surface area contributed by atoms with Crippen LogP contribution in [-0.4, -0.2) is 25.0 Å². The quantitative estimate of drug-likeness (QED) is 0.414. The summed E-state index contributed by atoms with van der Waals surface area (Å²) in [5.41, 5.74) is 3.24. The van der Waals surface area contributed by atoms with Crippen molar-refractivity contribution < 1.29 is 28.2 Å². The van der Waals surface area contributed by atoms with E-state index >= 15 is 0 Å². The van der Waals surface area contributed by atoms with Crippen molar-refractivity contribution in [1.82, 2.24) is 5.32 Å². The van der Waals surface area contributed by atoms with Gasteiger partial charge in [-0.15, -0.1) is 0 Å². The van der Waals surface area contributed by atoms with Crippen LogP contribution in [0.4, 0.5) is 14.9 Å². The fourth-order valence-corrected chi connectivity index (χ4v) is 3.60. The van der Waals surface area contributed by atoms with E-state index in [1.54, 1.807) is 48.5 Å². The Morgan fingerprint density at radius 3 is 2.46 bits per heavy atom. The molecule has 1 aliphatic heterocycles. The fourth-order valence-electron chi connectivity index (χ4n) is 3.60. The van der Waals surface area contributed by atoms with Crippen LogP contribution in [0.2, 0.25) is 0 Å². The average molecular weight is 474 g/mol. The first-order valence-electron chi connectivity index (χ1n) is 10.8. The summed E-state index contributed by atoms with van der Waals surface area (Å²) in [6.45, 7) is 3.92. The van der Waals surface area contributed by atoms with Crippen LogP contribution >= 0.6 is 0 Å². The largest absolute Gasteiger partial charge is 0.493 e. The molecular formula is C27H23FN2O5. The van der Waals surface area contributed by atoms with Crippen molar-refractivity contribution in [2.24, 2.45) is 0 Å². The molecule has 3 aromatic carbocycles. The molecule has 0 bridgehead atoms. The summed E-state index contributed by atoms with van der Waals surface area (Å²) in [7, 11) is 1.46. The lowest BCUT2D eigenvalue weighted by Gasteiger charge is -2.26. The molecule has 7 nitrogen and oxygen atoms in total. The Labute approximate surface area is 201 Å². The molecule has 0 aliphatic carbocycles. The molecule has 4 amide bonds. The number of aryl methyl sites for hydroxylation is 2. The first kappa shape index (κ1) is 23.7. The van der Waals surface area contributed by atoms with Crippen LogP contribution in [0, 0.1) is 19.7 Å². The summed E-state index contributed by atoms with van der Waals surface area (Å²) in [6.07, 6.45) is 1.39. The fraction of sp³-hybridized carbons (Fsp3) is 0.148. The van der Waals surface area contributed by atoms with Gasteiger partial charge in [-0.25, -0.2) is 14.1 Å². The highest BCUT2D eigenvalue weighted by Gasteiger charge is 2.36. The molecule has 0 saturated carbocycles. The summed E-state index contributed by atoms with van der Waals surface area (Å²) < 4.78 is 24.6. The van der Waals surface area contributed by atoms with E-state index < -0.39 is 17.8 Å². The van der Waals surface area contributed by atoms with Gasteiger partial charge in [-0.2, -0.15) is 0 Å². The normalized spacial score (nSPS) is 14.8. The van der Waals surface area contributed by atoms with Crippen LogP contribution in [0.3, 0.4) is 0 Å². The van der Waals surface area contributed by atoms with Gasteiger partial charge in [0.1, 0.15) is 18.0 Å². The van der Waals surface area contributed by atoms with Crippen molar-refractivity contribution in [3.8, 4) is 11.5 Å². The maximum atomic E-state index is 13.4. The first-order chi connectivity index (χ1) is 16.8.